The molecule has 0 radical (unpaired) electrons. The molecule has 1 saturated heterocycles. The second-order valence-electron chi connectivity index (χ2n) is 4.81. The smallest absolute Gasteiger partial charge is 0.265 e. The summed E-state index contributed by atoms with van der Waals surface area (Å²) in [6, 6.07) is 7.59. The van der Waals surface area contributed by atoms with Crippen molar-refractivity contribution < 1.29 is 4.79 Å². The van der Waals surface area contributed by atoms with Crippen LogP contribution in [0, 0.1) is 0 Å². The minimum absolute atomic E-state index is 0.00811. The fourth-order valence-corrected chi connectivity index (χ4v) is 3.46. The van der Waals surface area contributed by atoms with E-state index in [1.165, 1.54) is 11.3 Å². The number of likely N-dealkylation sites (tertiary alicyclic amines) is 1. The van der Waals surface area contributed by atoms with Crippen LogP contribution >= 0.6 is 22.9 Å². The molecule has 2 heterocycles. The van der Waals surface area contributed by atoms with Gasteiger partial charge < -0.3 is 10.6 Å². The predicted molar refractivity (Wildman–Crippen MR) is 81.1 cm³/mol. The summed E-state index contributed by atoms with van der Waals surface area (Å²) in [5.74, 6) is 0.00811. The maximum absolute atomic E-state index is 12.3. The molecule has 0 aliphatic carbocycles. The molecule has 6 heteroatoms. The van der Waals surface area contributed by atoms with E-state index in [0.717, 1.165) is 23.5 Å². The monoisotopic (exact) mass is 307 g/mol. The average Bonchev–Trinajstić information content (AvgIpc) is 3.07. The van der Waals surface area contributed by atoms with E-state index in [2.05, 4.69) is 4.98 Å². The van der Waals surface area contributed by atoms with Gasteiger partial charge in [0.25, 0.3) is 5.91 Å². The van der Waals surface area contributed by atoms with Crippen LogP contribution in [-0.4, -0.2) is 34.9 Å². The summed E-state index contributed by atoms with van der Waals surface area (Å²) in [5.41, 5.74) is 6.69. The highest BCUT2D eigenvalue weighted by atomic mass is 35.5. The molecule has 0 bridgehead atoms. The third kappa shape index (κ3) is 2.57. The van der Waals surface area contributed by atoms with Gasteiger partial charge in [-0.15, -0.1) is 11.3 Å². The Labute approximate surface area is 126 Å². The van der Waals surface area contributed by atoms with Crippen LogP contribution in [0.2, 0.25) is 5.02 Å². The molecule has 1 atom stereocenters. The number of rotatable bonds is 2. The zero-order valence-corrected chi connectivity index (χ0v) is 12.3. The van der Waals surface area contributed by atoms with Crippen molar-refractivity contribution in [1.82, 2.24) is 9.88 Å². The third-order valence-electron chi connectivity index (χ3n) is 3.33. The van der Waals surface area contributed by atoms with Gasteiger partial charge in [0, 0.05) is 24.7 Å². The van der Waals surface area contributed by atoms with E-state index >= 15 is 0 Å². The Morgan fingerprint density at radius 1 is 1.45 bits per heavy atom. The number of halogens is 1. The van der Waals surface area contributed by atoms with E-state index in [1.54, 1.807) is 11.1 Å². The minimum atomic E-state index is 0.00811. The van der Waals surface area contributed by atoms with E-state index < -0.39 is 0 Å². The standard InChI is InChI=1S/C14H14ClN3OS/c15-11-4-2-1-3-10(11)13-17-7-12(20-13)14(19)18-6-5-9(16)8-18/h1-4,7,9H,5-6,8,16H2/t9-/m1/s1. The lowest BCUT2D eigenvalue weighted by Crippen LogP contribution is -2.31. The van der Waals surface area contributed by atoms with Gasteiger partial charge in [-0.1, -0.05) is 29.8 Å². The summed E-state index contributed by atoms with van der Waals surface area (Å²) >= 11 is 7.52. The van der Waals surface area contributed by atoms with E-state index in [-0.39, 0.29) is 11.9 Å². The quantitative estimate of drug-likeness (QED) is 0.928. The molecular formula is C14H14ClN3OS. The van der Waals surface area contributed by atoms with Crippen molar-refractivity contribution in [2.24, 2.45) is 5.73 Å². The van der Waals surface area contributed by atoms with Crippen molar-refractivity contribution in [2.45, 2.75) is 12.5 Å². The summed E-state index contributed by atoms with van der Waals surface area (Å²) in [6.45, 7) is 1.34. The fraction of sp³-hybridized carbons (Fsp3) is 0.286. The van der Waals surface area contributed by atoms with Crippen LogP contribution in [0.15, 0.2) is 30.5 Å². The van der Waals surface area contributed by atoms with Gasteiger partial charge in [0.1, 0.15) is 9.88 Å². The molecule has 20 heavy (non-hydrogen) atoms. The molecule has 4 nitrogen and oxygen atoms in total. The van der Waals surface area contributed by atoms with Crippen molar-refractivity contribution in [2.75, 3.05) is 13.1 Å². The Morgan fingerprint density at radius 2 is 2.25 bits per heavy atom. The van der Waals surface area contributed by atoms with E-state index in [4.69, 9.17) is 17.3 Å². The van der Waals surface area contributed by atoms with Gasteiger partial charge in [-0.2, -0.15) is 0 Å². The normalized spacial score (nSPS) is 18.5. The molecule has 0 spiro atoms. The molecule has 0 saturated carbocycles. The number of carbonyl (C=O) groups is 1. The Hall–Kier alpha value is -1.43. The highest BCUT2D eigenvalue weighted by Gasteiger charge is 2.26. The van der Waals surface area contributed by atoms with Crippen LogP contribution < -0.4 is 5.73 Å². The number of amides is 1. The number of benzene rings is 1. The molecule has 1 aliphatic heterocycles. The molecule has 2 N–H and O–H groups in total. The van der Waals surface area contributed by atoms with Crippen molar-refractivity contribution in [3.05, 3.63) is 40.4 Å². The highest BCUT2D eigenvalue weighted by Crippen LogP contribution is 2.31. The van der Waals surface area contributed by atoms with Gasteiger partial charge in [0.2, 0.25) is 0 Å². The lowest BCUT2D eigenvalue weighted by molar-refractivity contribution is 0.0795. The lowest BCUT2D eigenvalue weighted by atomic mass is 10.2. The highest BCUT2D eigenvalue weighted by molar-refractivity contribution is 7.17. The number of hydrogen-bond acceptors (Lipinski definition) is 4. The number of nitrogens with zero attached hydrogens (tertiary/aromatic N) is 2. The number of thiazole rings is 1. The van der Waals surface area contributed by atoms with Crippen molar-refractivity contribution in [3.8, 4) is 10.6 Å². The maximum atomic E-state index is 12.3. The Morgan fingerprint density at radius 3 is 2.95 bits per heavy atom. The third-order valence-corrected chi connectivity index (χ3v) is 4.68. The zero-order chi connectivity index (χ0) is 14.1. The van der Waals surface area contributed by atoms with Crippen LogP contribution in [0.5, 0.6) is 0 Å². The van der Waals surface area contributed by atoms with Gasteiger partial charge in [-0.3, -0.25) is 4.79 Å². The van der Waals surface area contributed by atoms with Crippen molar-refractivity contribution in [1.29, 1.82) is 0 Å². The Balaban J connectivity index is 1.84. The van der Waals surface area contributed by atoms with Gasteiger partial charge in [0.15, 0.2) is 0 Å². The van der Waals surface area contributed by atoms with Gasteiger partial charge in [-0.05, 0) is 12.5 Å². The second-order valence-corrected chi connectivity index (χ2v) is 6.25. The summed E-state index contributed by atoms with van der Waals surface area (Å²) in [6.07, 6.45) is 2.48. The Bertz CT molecular complexity index is 643. The molecule has 104 valence electrons. The van der Waals surface area contributed by atoms with E-state index in [1.807, 2.05) is 24.3 Å². The SMILES string of the molecule is N[C@@H]1CCN(C(=O)c2cnc(-c3ccccc3Cl)s2)C1. The number of aromatic nitrogens is 1. The van der Waals surface area contributed by atoms with Crippen LogP contribution in [-0.2, 0) is 0 Å². The number of carbonyl (C=O) groups excluding carboxylic acids is 1. The van der Waals surface area contributed by atoms with Crippen LogP contribution in [0.25, 0.3) is 10.6 Å². The first-order valence-corrected chi connectivity index (χ1v) is 7.60. The largest absolute Gasteiger partial charge is 0.336 e. The summed E-state index contributed by atoms with van der Waals surface area (Å²) < 4.78 is 0. The zero-order valence-electron chi connectivity index (χ0n) is 10.8. The number of nitrogens with two attached hydrogens (primary N) is 1. The van der Waals surface area contributed by atoms with Gasteiger partial charge in [0.05, 0.1) is 11.2 Å². The second kappa shape index (κ2) is 5.52. The first kappa shape index (κ1) is 13.5. The average molecular weight is 308 g/mol. The number of hydrogen-bond donors (Lipinski definition) is 1. The first-order valence-electron chi connectivity index (χ1n) is 6.41. The van der Waals surface area contributed by atoms with Gasteiger partial charge >= 0.3 is 0 Å². The fourth-order valence-electron chi connectivity index (χ4n) is 2.26. The topological polar surface area (TPSA) is 59.2 Å². The van der Waals surface area contributed by atoms with Crippen LogP contribution in [0.3, 0.4) is 0 Å². The van der Waals surface area contributed by atoms with Crippen molar-refractivity contribution in [3.63, 3.8) is 0 Å². The summed E-state index contributed by atoms with van der Waals surface area (Å²) in [4.78, 5) is 19.1. The lowest BCUT2D eigenvalue weighted by Gasteiger charge is -2.13. The van der Waals surface area contributed by atoms with E-state index in [0.29, 0.717) is 16.4 Å². The van der Waals surface area contributed by atoms with E-state index in [9.17, 15) is 4.79 Å². The molecule has 1 aromatic carbocycles. The molecule has 0 unspecified atom stereocenters. The minimum Gasteiger partial charge on any atom is -0.336 e. The maximum Gasteiger partial charge on any atom is 0.265 e. The predicted octanol–water partition coefficient (Wildman–Crippen LogP) is 2.64. The van der Waals surface area contributed by atoms with Crippen LogP contribution in [0.1, 0.15) is 16.1 Å². The first-order chi connectivity index (χ1) is 9.65. The molecule has 1 aliphatic rings. The molecular weight excluding hydrogens is 294 g/mol. The molecule has 2 aromatic rings. The molecule has 1 aromatic heterocycles. The molecule has 1 amide bonds. The van der Waals surface area contributed by atoms with Crippen LogP contribution in [0.4, 0.5) is 0 Å². The van der Waals surface area contributed by atoms with Crippen molar-refractivity contribution >= 4 is 28.8 Å². The summed E-state index contributed by atoms with van der Waals surface area (Å²) in [7, 11) is 0. The molecule has 3 rings (SSSR count). The molecule has 1 fully saturated rings. The summed E-state index contributed by atoms with van der Waals surface area (Å²) in [5, 5.41) is 1.41. The Kier molecular flexibility index (Phi) is 3.74. The van der Waals surface area contributed by atoms with Gasteiger partial charge in [-0.25, -0.2) is 4.98 Å².